The quantitative estimate of drug-likeness (QED) is 0.574. The van der Waals surface area contributed by atoms with Crippen LogP contribution in [0.1, 0.15) is 38.2 Å². The van der Waals surface area contributed by atoms with E-state index in [0.717, 1.165) is 29.8 Å². The van der Waals surface area contributed by atoms with E-state index in [1.807, 2.05) is 6.07 Å². The van der Waals surface area contributed by atoms with Crippen molar-refractivity contribution in [3.63, 3.8) is 0 Å². The molecule has 0 aromatic heterocycles. The summed E-state index contributed by atoms with van der Waals surface area (Å²) < 4.78 is 5.31. The van der Waals surface area contributed by atoms with Gasteiger partial charge >= 0.3 is 0 Å². The standard InChI is InChI=1S/C13H22N2O/c1-3-4-5-6-7-10-11(14)8-9-12(15)13(10)16-2/h8-9H,3-7,14-15H2,1-2H3. The van der Waals surface area contributed by atoms with Crippen molar-refractivity contribution in [2.45, 2.75) is 39.0 Å². The second-order valence-electron chi connectivity index (χ2n) is 4.07. The highest BCUT2D eigenvalue weighted by Gasteiger charge is 2.10. The first-order valence-corrected chi connectivity index (χ1v) is 5.91. The van der Waals surface area contributed by atoms with Crippen LogP contribution >= 0.6 is 0 Å². The van der Waals surface area contributed by atoms with Gasteiger partial charge < -0.3 is 16.2 Å². The SMILES string of the molecule is CCCCCCc1c(N)ccc(N)c1OC. The van der Waals surface area contributed by atoms with Gasteiger partial charge in [0, 0.05) is 11.3 Å². The summed E-state index contributed by atoms with van der Waals surface area (Å²) in [5.74, 6) is 0.747. The van der Waals surface area contributed by atoms with Gasteiger partial charge in [-0.3, -0.25) is 0 Å². The van der Waals surface area contributed by atoms with E-state index in [-0.39, 0.29) is 0 Å². The van der Waals surface area contributed by atoms with Gasteiger partial charge in [0.15, 0.2) is 0 Å². The van der Waals surface area contributed by atoms with Crippen LogP contribution in [0.25, 0.3) is 0 Å². The number of rotatable bonds is 6. The van der Waals surface area contributed by atoms with Gasteiger partial charge in [0.05, 0.1) is 12.8 Å². The fraction of sp³-hybridized carbons (Fsp3) is 0.538. The van der Waals surface area contributed by atoms with Crippen molar-refractivity contribution in [2.75, 3.05) is 18.6 Å². The first-order chi connectivity index (χ1) is 7.70. The topological polar surface area (TPSA) is 61.3 Å². The Morgan fingerprint density at radius 1 is 1.06 bits per heavy atom. The number of benzene rings is 1. The first-order valence-electron chi connectivity index (χ1n) is 5.91. The lowest BCUT2D eigenvalue weighted by molar-refractivity contribution is 0.411. The molecule has 0 heterocycles. The van der Waals surface area contributed by atoms with Gasteiger partial charge in [-0.25, -0.2) is 0 Å². The summed E-state index contributed by atoms with van der Waals surface area (Å²) in [4.78, 5) is 0. The molecule has 90 valence electrons. The normalized spacial score (nSPS) is 10.4. The fourth-order valence-corrected chi connectivity index (χ4v) is 1.89. The molecule has 1 aromatic rings. The maximum Gasteiger partial charge on any atom is 0.146 e. The maximum atomic E-state index is 5.95. The minimum absolute atomic E-state index is 0.669. The number of nitrogens with two attached hydrogens (primary N) is 2. The lowest BCUT2D eigenvalue weighted by Gasteiger charge is -2.13. The largest absolute Gasteiger partial charge is 0.494 e. The third-order valence-electron chi connectivity index (χ3n) is 2.81. The van der Waals surface area contributed by atoms with E-state index in [4.69, 9.17) is 16.2 Å². The number of unbranched alkanes of at least 4 members (excludes halogenated alkanes) is 3. The summed E-state index contributed by atoms with van der Waals surface area (Å²) >= 11 is 0. The Morgan fingerprint density at radius 3 is 2.38 bits per heavy atom. The average Bonchev–Trinajstić information content (AvgIpc) is 2.29. The summed E-state index contributed by atoms with van der Waals surface area (Å²) in [5.41, 5.74) is 14.3. The number of methoxy groups -OCH3 is 1. The first kappa shape index (κ1) is 12.7. The lowest BCUT2D eigenvalue weighted by atomic mass is 10.0. The van der Waals surface area contributed by atoms with E-state index in [1.165, 1.54) is 19.3 Å². The van der Waals surface area contributed by atoms with Gasteiger partial charge in [-0.15, -0.1) is 0 Å². The van der Waals surface area contributed by atoms with Gasteiger partial charge in [-0.1, -0.05) is 26.2 Å². The second-order valence-corrected chi connectivity index (χ2v) is 4.07. The molecule has 0 saturated heterocycles. The number of anilines is 2. The molecule has 1 aromatic carbocycles. The highest BCUT2D eigenvalue weighted by molar-refractivity contribution is 5.66. The number of hydrogen-bond donors (Lipinski definition) is 2. The Bertz CT molecular complexity index is 337. The summed E-state index contributed by atoms with van der Waals surface area (Å²) in [6, 6.07) is 3.65. The molecule has 16 heavy (non-hydrogen) atoms. The molecule has 0 atom stereocenters. The van der Waals surface area contributed by atoms with Crippen LogP contribution in [0.5, 0.6) is 5.75 Å². The highest BCUT2D eigenvalue weighted by Crippen LogP contribution is 2.32. The smallest absolute Gasteiger partial charge is 0.146 e. The van der Waals surface area contributed by atoms with Crippen molar-refractivity contribution in [3.8, 4) is 5.75 Å². The van der Waals surface area contributed by atoms with E-state index in [1.54, 1.807) is 13.2 Å². The van der Waals surface area contributed by atoms with E-state index in [0.29, 0.717) is 5.69 Å². The van der Waals surface area contributed by atoms with Crippen LogP contribution in [0.3, 0.4) is 0 Å². The summed E-state index contributed by atoms with van der Waals surface area (Å²) in [6.45, 7) is 2.20. The summed E-state index contributed by atoms with van der Waals surface area (Å²) in [5, 5.41) is 0. The highest BCUT2D eigenvalue weighted by atomic mass is 16.5. The minimum atomic E-state index is 0.669. The van der Waals surface area contributed by atoms with Crippen LogP contribution in [0.4, 0.5) is 11.4 Å². The molecule has 0 unspecified atom stereocenters. The zero-order valence-electron chi connectivity index (χ0n) is 10.3. The molecule has 4 N–H and O–H groups in total. The molecule has 1 rings (SSSR count). The predicted molar refractivity (Wildman–Crippen MR) is 69.7 cm³/mol. The molecule has 0 aliphatic rings. The van der Waals surface area contributed by atoms with E-state index >= 15 is 0 Å². The van der Waals surface area contributed by atoms with Crippen LogP contribution < -0.4 is 16.2 Å². The third kappa shape index (κ3) is 3.05. The van der Waals surface area contributed by atoms with E-state index < -0.39 is 0 Å². The molecule has 0 fully saturated rings. The molecule has 3 heteroatoms. The minimum Gasteiger partial charge on any atom is -0.494 e. The average molecular weight is 222 g/mol. The van der Waals surface area contributed by atoms with E-state index in [9.17, 15) is 0 Å². The monoisotopic (exact) mass is 222 g/mol. The van der Waals surface area contributed by atoms with Crippen LogP contribution in [-0.4, -0.2) is 7.11 Å². The molecule has 0 aliphatic heterocycles. The van der Waals surface area contributed by atoms with Gasteiger partial charge in [0.25, 0.3) is 0 Å². The second kappa shape index (κ2) is 6.26. The molecule has 3 nitrogen and oxygen atoms in total. The Balaban J connectivity index is 2.73. The van der Waals surface area contributed by atoms with Crippen molar-refractivity contribution < 1.29 is 4.74 Å². The molecular formula is C13H22N2O. The van der Waals surface area contributed by atoms with Crippen molar-refractivity contribution in [2.24, 2.45) is 0 Å². The van der Waals surface area contributed by atoms with Crippen molar-refractivity contribution in [1.29, 1.82) is 0 Å². The number of nitrogen functional groups attached to an aromatic ring is 2. The maximum absolute atomic E-state index is 5.95. The molecular weight excluding hydrogens is 200 g/mol. The Morgan fingerprint density at radius 2 is 1.75 bits per heavy atom. The van der Waals surface area contributed by atoms with Gasteiger partial charge in [0.1, 0.15) is 5.75 Å². The van der Waals surface area contributed by atoms with Crippen LogP contribution in [0.15, 0.2) is 12.1 Å². The Hall–Kier alpha value is -1.38. The molecule has 0 saturated carbocycles. The van der Waals surface area contributed by atoms with Gasteiger partial charge in [-0.05, 0) is 25.0 Å². The molecule has 0 aliphatic carbocycles. The Kier molecular flexibility index (Phi) is 4.96. The van der Waals surface area contributed by atoms with Crippen molar-refractivity contribution in [1.82, 2.24) is 0 Å². The zero-order chi connectivity index (χ0) is 12.0. The molecule has 0 radical (unpaired) electrons. The van der Waals surface area contributed by atoms with Crippen LogP contribution in [0.2, 0.25) is 0 Å². The third-order valence-corrected chi connectivity index (χ3v) is 2.81. The van der Waals surface area contributed by atoms with E-state index in [2.05, 4.69) is 6.92 Å². The molecule has 0 amide bonds. The van der Waals surface area contributed by atoms with Crippen molar-refractivity contribution >= 4 is 11.4 Å². The Labute approximate surface area is 97.8 Å². The van der Waals surface area contributed by atoms with Crippen molar-refractivity contribution in [3.05, 3.63) is 17.7 Å². The van der Waals surface area contributed by atoms with Gasteiger partial charge in [-0.2, -0.15) is 0 Å². The summed E-state index contributed by atoms with van der Waals surface area (Å²) in [7, 11) is 1.64. The lowest BCUT2D eigenvalue weighted by Crippen LogP contribution is -2.02. The van der Waals surface area contributed by atoms with Crippen LogP contribution in [-0.2, 0) is 6.42 Å². The summed E-state index contributed by atoms with van der Waals surface area (Å²) in [6.07, 6.45) is 5.82. The molecule has 0 spiro atoms. The fourth-order valence-electron chi connectivity index (χ4n) is 1.89. The molecule has 0 bridgehead atoms. The number of ether oxygens (including phenoxy) is 1. The van der Waals surface area contributed by atoms with Gasteiger partial charge in [0.2, 0.25) is 0 Å². The number of hydrogen-bond acceptors (Lipinski definition) is 3. The predicted octanol–water partition coefficient (Wildman–Crippen LogP) is 2.98. The van der Waals surface area contributed by atoms with Crippen LogP contribution in [0, 0.1) is 0 Å². The zero-order valence-corrected chi connectivity index (χ0v) is 10.3.